The highest BCUT2D eigenvalue weighted by Crippen LogP contribution is 2.43. The summed E-state index contributed by atoms with van der Waals surface area (Å²) >= 11 is 0. The van der Waals surface area contributed by atoms with E-state index in [0.29, 0.717) is 18.8 Å². The van der Waals surface area contributed by atoms with Crippen molar-refractivity contribution >= 4 is 5.71 Å². The summed E-state index contributed by atoms with van der Waals surface area (Å²) in [4.78, 5) is 20.4. The molecule has 0 saturated carbocycles. The van der Waals surface area contributed by atoms with E-state index in [4.69, 9.17) is 9.57 Å². The van der Waals surface area contributed by atoms with Crippen LogP contribution in [-0.2, 0) is 28.3 Å². The maximum Gasteiger partial charge on any atom is 0.159 e. The normalized spacial score (nSPS) is 17.5. The lowest BCUT2D eigenvalue weighted by Gasteiger charge is -2.38. The van der Waals surface area contributed by atoms with E-state index in [0.717, 1.165) is 43.8 Å². The van der Waals surface area contributed by atoms with Gasteiger partial charge in [-0.15, -0.1) is 0 Å². The topological polar surface area (TPSA) is 72.7 Å². The minimum Gasteiger partial charge on any atom is -0.392 e. The van der Waals surface area contributed by atoms with Gasteiger partial charge in [-0.2, -0.15) is 0 Å². The Morgan fingerprint density at radius 2 is 1.94 bits per heavy atom. The number of fused-ring (bicyclic) bond motifs is 2. The summed E-state index contributed by atoms with van der Waals surface area (Å²) in [5.41, 5.74) is 3.60. The Hall–Kier alpha value is -3.37. The molecule has 2 aliphatic heterocycles. The van der Waals surface area contributed by atoms with E-state index in [1.807, 2.05) is 12.3 Å². The van der Waals surface area contributed by atoms with Gasteiger partial charge in [-0.3, -0.25) is 19.9 Å². The number of nitrogens with zero attached hydrogens (tertiary/aromatic N) is 5. The van der Waals surface area contributed by atoms with E-state index in [9.17, 15) is 13.2 Å². The maximum atomic E-state index is 13.8. The molecule has 0 atom stereocenters. The average molecular weight is 483 g/mol. The third-order valence-electron chi connectivity index (χ3n) is 6.42. The van der Waals surface area contributed by atoms with Gasteiger partial charge in [0.15, 0.2) is 11.6 Å². The number of pyridine rings is 1. The second kappa shape index (κ2) is 10.1. The quantitative estimate of drug-likeness (QED) is 0.288. The van der Waals surface area contributed by atoms with Crippen molar-refractivity contribution in [3.05, 3.63) is 88.8 Å². The first kappa shape index (κ1) is 23.4. The van der Waals surface area contributed by atoms with Gasteiger partial charge in [0, 0.05) is 43.2 Å². The lowest BCUT2D eigenvalue weighted by atomic mass is 9.85. The number of piperidine rings is 1. The van der Waals surface area contributed by atoms with Crippen LogP contribution < -0.4 is 0 Å². The number of likely N-dealkylation sites (tertiary alicyclic amines) is 1. The molecule has 182 valence electrons. The van der Waals surface area contributed by atoms with Gasteiger partial charge in [0.2, 0.25) is 0 Å². The van der Waals surface area contributed by atoms with Crippen LogP contribution in [0.3, 0.4) is 0 Å². The van der Waals surface area contributed by atoms with Crippen LogP contribution in [0.4, 0.5) is 13.2 Å². The van der Waals surface area contributed by atoms with Crippen molar-refractivity contribution in [3.8, 4) is 0 Å². The van der Waals surface area contributed by atoms with Crippen molar-refractivity contribution < 1.29 is 22.7 Å². The van der Waals surface area contributed by atoms with Crippen molar-refractivity contribution in [3.63, 3.8) is 0 Å². The monoisotopic (exact) mass is 483 g/mol. The Balaban J connectivity index is 1.27. The number of hydrogen-bond acceptors (Lipinski definition) is 7. The molecule has 1 saturated heterocycles. The summed E-state index contributed by atoms with van der Waals surface area (Å²) in [7, 11) is 0. The first-order valence-corrected chi connectivity index (χ1v) is 11.4. The van der Waals surface area contributed by atoms with Crippen molar-refractivity contribution in [2.24, 2.45) is 5.16 Å². The minimum absolute atomic E-state index is 0.141. The number of ether oxygens (including phenoxy) is 1. The van der Waals surface area contributed by atoms with Crippen molar-refractivity contribution in [2.45, 2.75) is 31.6 Å². The SMILES string of the molecule is FCCON=C(c1ccc(F)c(F)c1)c1cnc(CN2CCC3(CC2)OCc2ccncc23)cn1. The summed E-state index contributed by atoms with van der Waals surface area (Å²) in [5.74, 6) is -2.01. The highest BCUT2D eigenvalue weighted by molar-refractivity contribution is 6.11. The molecule has 0 N–H and O–H groups in total. The van der Waals surface area contributed by atoms with E-state index >= 15 is 0 Å². The first-order valence-electron chi connectivity index (χ1n) is 11.4. The molecule has 2 aliphatic rings. The number of benzene rings is 1. The predicted octanol–water partition coefficient (Wildman–Crippen LogP) is 3.91. The Morgan fingerprint density at radius 1 is 1.09 bits per heavy atom. The fourth-order valence-electron chi connectivity index (χ4n) is 4.56. The number of oxime groups is 1. The van der Waals surface area contributed by atoms with Crippen LogP contribution in [0.15, 0.2) is 54.2 Å². The highest BCUT2D eigenvalue weighted by Gasteiger charge is 2.42. The lowest BCUT2D eigenvalue weighted by Crippen LogP contribution is -2.42. The minimum atomic E-state index is -1.03. The second-order valence-electron chi connectivity index (χ2n) is 8.58. The van der Waals surface area contributed by atoms with E-state index in [1.54, 1.807) is 12.4 Å². The van der Waals surface area contributed by atoms with Crippen LogP contribution in [0, 0.1) is 11.6 Å². The van der Waals surface area contributed by atoms with Gasteiger partial charge in [-0.1, -0.05) is 5.16 Å². The average Bonchev–Trinajstić information content (AvgIpc) is 3.24. The summed E-state index contributed by atoms with van der Waals surface area (Å²) < 4.78 is 45.8. The van der Waals surface area contributed by atoms with E-state index in [2.05, 4.69) is 25.0 Å². The maximum absolute atomic E-state index is 13.8. The molecule has 7 nitrogen and oxygen atoms in total. The molecule has 3 aromatic rings. The molecular formula is C25H24F3N5O2. The highest BCUT2D eigenvalue weighted by atomic mass is 19.2. The Morgan fingerprint density at radius 3 is 2.69 bits per heavy atom. The van der Waals surface area contributed by atoms with Crippen LogP contribution >= 0.6 is 0 Å². The molecule has 4 heterocycles. The molecule has 0 bridgehead atoms. The number of alkyl halides is 1. The third-order valence-corrected chi connectivity index (χ3v) is 6.42. The smallest absolute Gasteiger partial charge is 0.159 e. The lowest BCUT2D eigenvalue weighted by molar-refractivity contribution is -0.0801. The molecule has 1 aromatic carbocycles. The van der Waals surface area contributed by atoms with Gasteiger partial charge in [0.25, 0.3) is 0 Å². The molecule has 1 fully saturated rings. The van der Waals surface area contributed by atoms with Crippen molar-refractivity contribution in [1.29, 1.82) is 0 Å². The zero-order chi connectivity index (χ0) is 24.3. The number of aromatic nitrogens is 3. The van der Waals surface area contributed by atoms with Gasteiger partial charge in [0.05, 0.1) is 30.3 Å². The van der Waals surface area contributed by atoms with Crippen molar-refractivity contribution in [1.82, 2.24) is 19.9 Å². The largest absolute Gasteiger partial charge is 0.392 e. The van der Waals surface area contributed by atoms with Crippen molar-refractivity contribution in [2.75, 3.05) is 26.4 Å². The fourth-order valence-corrected chi connectivity index (χ4v) is 4.56. The summed E-state index contributed by atoms with van der Waals surface area (Å²) in [6, 6.07) is 5.36. The number of halogens is 3. The molecule has 10 heteroatoms. The molecule has 0 unspecified atom stereocenters. The summed E-state index contributed by atoms with van der Waals surface area (Å²) in [5, 5.41) is 3.88. The molecule has 35 heavy (non-hydrogen) atoms. The molecule has 1 spiro atoms. The molecule has 2 aromatic heterocycles. The Labute approximate surface area is 200 Å². The molecule has 0 amide bonds. The van der Waals surface area contributed by atoms with Gasteiger partial charge in [0.1, 0.15) is 24.7 Å². The Kier molecular flexibility index (Phi) is 6.74. The number of hydrogen-bond donors (Lipinski definition) is 0. The molecule has 5 rings (SSSR count). The van der Waals surface area contributed by atoms with Gasteiger partial charge in [-0.05, 0) is 42.7 Å². The van der Waals surface area contributed by atoms with E-state index < -0.39 is 18.3 Å². The molecule has 0 aliphatic carbocycles. The Bertz CT molecular complexity index is 1210. The third kappa shape index (κ3) is 4.89. The molecular weight excluding hydrogens is 459 g/mol. The standard InChI is InChI=1S/C25H24F3N5O2/c26-6-10-35-32-24(17-1-2-21(27)22(28)11-17)23-14-30-19(12-31-23)15-33-8-4-25(5-9-33)20-13-29-7-3-18(20)16-34-25/h1-3,7,11-14H,4-6,8-10,15-16H2. The van der Waals surface area contributed by atoms with E-state index in [1.165, 1.54) is 23.4 Å². The van der Waals surface area contributed by atoms with Gasteiger partial charge < -0.3 is 9.57 Å². The molecule has 0 radical (unpaired) electrons. The van der Waals surface area contributed by atoms with Crippen LogP contribution in [0.1, 0.15) is 40.9 Å². The fraction of sp³-hybridized carbons (Fsp3) is 0.360. The van der Waals surface area contributed by atoms with Crippen LogP contribution in [-0.4, -0.2) is 51.9 Å². The summed E-state index contributed by atoms with van der Waals surface area (Å²) in [6.45, 7) is 1.93. The van der Waals surface area contributed by atoms with Gasteiger partial charge >= 0.3 is 0 Å². The van der Waals surface area contributed by atoms with Crippen LogP contribution in [0.2, 0.25) is 0 Å². The number of rotatable bonds is 7. The summed E-state index contributed by atoms with van der Waals surface area (Å²) in [6.07, 6.45) is 8.59. The van der Waals surface area contributed by atoms with E-state index in [-0.39, 0.29) is 23.5 Å². The predicted molar refractivity (Wildman–Crippen MR) is 121 cm³/mol. The first-order chi connectivity index (χ1) is 17.1. The zero-order valence-electron chi connectivity index (χ0n) is 19.0. The van der Waals surface area contributed by atoms with Crippen LogP contribution in [0.5, 0.6) is 0 Å². The zero-order valence-corrected chi connectivity index (χ0v) is 19.0. The van der Waals surface area contributed by atoms with Gasteiger partial charge in [-0.25, -0.2) is 13.2 Å². The van der Waals surface area contributed by atoms with Crippen LogP contribution in [0.25, 0.3) is 0 Å². The second-order valence-corrected chi connectivity index (χ2v) is 8.58.